The lowest BCUT2D eigenvalue weighted by atomic mass is 9.95. The van der Waals surface area contributed by atoms with Gasteiger partial charge in [-0.1, -0.05) is 20.8 Å². The molecule has 0 amide bonds. The average molecular weight is 245 g/mol. The number of imidazole rings is 1. The van der Waals surface area contributed by atoms with Gasteiger partial charge in [-0.25, -0.2) is 4.98 Å². The van der Waals surface area contributed by atoms with Crippen molar-refractivity contribution in [2.75, 3.05) is 0 Å². The fourth-order valence-electron chi connectivity index (χ4n) is 1.39. The molecule has 0 saturated carbocycles. The van der Waals surface area contributed by atoms with Gasteiger partial charge >= 0.3 is 0 Å². The second-order valence-electron chi connectivity index (χ2n) is 4.62. The molecule has 0 N–H and O–H groups in total. The smallest absolute Gasteiger partial charge is 0.115 e. The third-order valence-corrected chi connectivity index (χ3v) is 2.53. The van der Waals surface area contributed by atoms with Gasteiger partial charge in [-0.2, -0.15) is 0 Å². The molecular formula is C10H17BrN2. The number of aromatic nitrogens is 2. The average Bonchev–Trinajstić information content (AvgIpc) is 2.28. The highest BCUT2D eigenvalue weighted by atomic mass is 79.9. The van der Waals surface area contributed by atoms with E-state index in [2.05, 4.69) is 60.1 Å². The van der Waals surface area contributed by atoms with Gasteiger partial charge in [0.25, 0.3) is 0 Å². The molecule has 0 fully saturated rings. The molecule has 0 spiro atoms. The van der Waals surface area contributed by atoms with Crippen molar-refractivity contribution in [2.45, 2.75) is 46.1 Å². The Morgan fingerprint density at radius 3 is 2.23 bits per heavy atom. The molecule has 0 aromatic carbocycles. The predicted molar refractivity (Wildman–Crippen MR) is 59.0 cm³/mol. The zero-order chi connectivity index (χ0) is 10.2. The fourth-order valence-corrected chi connectivity index (χ4v) is 2.07. The van der Waals surface area contributed by atoms with Crippen LogP contribution in [-0.2, 0) is 5.41 Å². The van der Waals surface area contributed by atoms with Crippen molar-refractivity contribution in [1.29, 1.82) is 0 Å². The molecule has 0 aliphatic rings. The van der Waals surface area contributed by atoms with Crippen molar-refractivity contribution in [3.05, 3.63) is 16.6 Å². The first kappa shape index (κ1) is 10.8. The Balaban J connectivity index is 3.23. The Bertz CT molecular complexity index is 294. The summed E-state index contributed by atoms with van der Waals surface area (Å²) in [6, 6.07) is 0.450. The second kappa shape index (κ2) is 3.45. The van der Waals surface area contributed by atoms with Crippen molar-refractivity contribution >= 4 is 15.9 Å². The van der Waals surface area contributed by atoms with E-state index < -0.39 is 0 Å². The van der Waals surface area contributed by atoms with Crippen molar-refractivity contribution in [3.8, 4) is 0 Å². The molecule has 0 bridgehead atoms. The van der Waals surface area contributed by atoms with E-state index in [0.29, 0.717) is 6.04 Å². The van der Waals surface area contributed by atoms with Crippen LogP contribution in [0.5, 0.6) is 0 Å². The van der Waals surface area contributed by atoms with E-state index in [-0.39, 0.29) is 5.41 Å². The first-order valence-corrected chi connectivity index (χ1v) is 5.36. The van der Waals surface area contributed by atoms with Crippen LogP contribution in [0.2, 0.25) is 0 Å². The summed E-state index contributed by atoms with van der Waals surface area (Å²) in [7, 11) is 0. The Hall–Kier alpha value is -0.310. The summed E-state index contributed by atoms with van der Waals surface area (Å²) in [5.41, 5.74) is 0.107. The van der Waals surface area contributed by atoms with Crippen molar-refractivity contribution in [3.63, 3.8) is 0 Å². The highest BCUT2D eigenvalue weighted by Gasteiger charge is 2.22. The SMILES string of the molecule is CC(C)n1c(Br)cnc1C(C)(C)C. The molecule has 1 rings (SSSR count). The Morgan fingerprint density at radius 1 is 1.38 bits per heavy atom. The van der Waals surface area contributed by atoms with Crippen LogP contribution in [0.15, 0.2) is 10.8 Å². The molecule has 0 unspecified atom stereocenters. The molecule has 2 nitrogen and oxygen atoms in total. The molecule has 74 valence electrons. The Morgan fingerprint density at radius 2 is 1.92 bits per heavy atom. The van der Waals surface area contributed by atoms with E-state index >= 15 is 0 Å². The second-order valence-corrected chi connectivity index (χ2v) is 5.43. The standard InChI is InChI=1S/C10H17BrN2/c1-7(2)13-8(11)6-12-9(13)10(3,4)5/h6-7H,1-5H3. The van der Waals surface area contributed by atoms with Gasteiger partial charge in [0.05, 0.1) is 6.20 Å². The zero-order valence-corrected chi connectivity index (χ0v) is 10.5. The molecule has 3 heteroatoms. The molecule has 0 aliphatic heterocycles. The maximum absolute atomic E-state index is 4.42. The van der Waals surface area contributed by atoms with Gasteiger partial charge in [-0.3, -0.25) is 0 Å². The maximum Gasteiger partial charge on any atom is 0.115 e. The lowest BCUT2D eigenvalue weighted by Gasteiger charge is -2.22. The first-order chi connectivity index (χ1) is 5.84. The molecule has 1 aromatic heterocycles. The molecule has 1 aromatic rings. The molecule has 0 radical (unpaired) electrons. The molecule has 13 heavy (non-hydrogen) atoms. The largest absolute Gasteiger partial charge is 0.320 e. The van der Waals surface area contributed by atoms with Crippen LogP contribution in [0, 0.1) is 0 Å². The minimum Gasteiger partial charge on any atom is -0.320 e. The Kier molecular flexibility index (Phi) is 2.85. The van der Waals surface area contributed by atoms with Gasteiger partial charge in [0, 0.05) is 11.5 Å². The summed E-state index contributed by atoms with van der Waals surface area (Å²) in [5.74, 6) is 1.13. The normalized spacial score (nSPS) is 12.5. The molecule has 0 atom stereocenters. The lowest BCUT2D eigenvalue weighted by molar-refractivity contribution is 0.464. The van der Waals surface area contributed by atoms with Gasteiger partial charge in [-0.05, 0) is 29.8 Å². The van der Waals surface area contributed by atoms with Gasteiger partial charge in [0.15, 0.2) is 0 Å². The third-order valence-electron chi connectivity index (χ3n) is 1.94. The van der Waals surface area contributed by atoms with Crippen LogP contribution in [0.4, 0.5) is 0 Å². The summed E-state index contributed by atoms with van der Waals surface area (Å²) in [4.78, 5) is 4.42. The van der Waals surface area contributed by atoms with Gasteiger partial charge < -0.3 is 4.57 Å². The van der Waals surface area contributed by atoms with Crippen LogP contribution in [-0.4, -0.2) is 9.55 Å². The summed E-state index contributed by atoms with van der Waals surface area (Å²) < 4.78 is 3.28. The van der Waals surface area contributed by atoms with E-state index in [9.17, 15) is 0 Å². The monoisotopic (exact) mass is 244 g/mol. The number of hydrogen-bond acceptors (Lipinski definition) is 1. The molecule has 0 aliphatic carbocycles. The number of nitrogens with zero attached hydrogens (tertiary/aromatic N) is 2. The molecule has 1 heterocycles. The number of rotatable bonds is 1. The highest BCUT2D eigenvalue weighted by molar-refractivity contribution is 9.10. The Labute approximate surface area is 88.5 Å². The lowest BCUT2D eigenvalue weighted by Crippen LogP contribution is -2.20. The van der Waals surface area contributed by atoms with Crippen LogP contribution in [0.3, 0.4) is 0 Å². The van der Waals surface area contributed by atoms with Crippen LogP contribution < -0.4 is 0 Å². The summed E-state index contributed by atoms with van der Waals surface area (Å²) >= 11 is 3.51. The third kappa shape index (κ3) is 2.13. The summed E-state index contributed by atoms with van der Waals surface area (Å²) in [6.45, 7) is 10.9. The number of halogens is 1. The first-order valence-electron chi connectivity index (χ1n) is 4.57. The number of hydrogen-bond donors (Lipinski definition) is 0. The van der Waals surface area contributed by atoms with Crippen LogP contribution in [0.25, 0.3) is 0 Å². The fraction of sp³-hybridized carbons (Fsp3) is 0.700. The highest BCUT2D eigenvalue weighted by Crippen LogP contribution is 2.27. The van der Waals surface area contributed by atoms with Crippen molar-refractivity contribution in [1.82, 2.24) is 9.55 Å². The van der Waals surface area contributed by atoms with E-state index in [1.54, 1.807) is 0 Å². The maximum atomic E-state index is 4.42. The molecular weight excluding hydrogens is 228 g/mol. The van der Waals surface area contributed by atoms with E-state index in [1.165, 1.54) is 0 Å². The van der Waals surface area contributed by atoms with Crippen molar-refractivity contribution < 1.29 is 0 Å². The van der Waals surface area contributed by atoms with Gasteiger partial charge in [0.2, 0.25) is 0 Å². The van der Waals surface area contributed by atoms with Crippen LogP contribution in [0.1, 0.15) is 46.5 Å². The van der Waals surface area contributed by atoms with Crippen LogP contribution >= 0.6 is 15.9 Å². The van der Waals surface area contributed by atoms with E-state index in [4.69, 9.17) is 0 Å². The molecule has 0 saturated heterocycles. The van der Waals surface area contributed by atoms with E-state index in [1.807, 2.05) is 6.20 Å². The zero-order valence-electron chi connectivity index (χ0n) is 8.93. The van der Waals surface area contributed by atoms with Gasteiger partial charge in [-0.15, -0.1) is 0 Å². The predicted octanol–water partition coefficient (Wildman–Crippen LogP) is 3.52. The quantitative estimate of drug-likeness (QED) is 0.740. The van der Waals surface area contributed by atoms with Crippen molar-refractivity contribution in [2.24, 2.45) is 0 Å². The minimum absolute atomic E-state index is 0.107. The minimum atomic E-state index is 0.107. The topological polar surface area (TPSA) is 17.8 Å². The summed E-state index contributed by atoms with van der Waals surface area (Å²) in [5, 5.41) is 0. The van der Waals surface area contributed by atoms with Gasteiger partial charge in [0.1, 0.15) is 10.4 Å². The van der Waals surface area contributed by atoms with E-state index in [0.717, 1.165) is 10.4 Å². The summed E-state index contributed by atoms with van der Waals surface area (Å²) in [6.07, 6.45) is 1.88.